The molecule has 0 aliphatic carbocycles. The van der Waals surface area contributed by atoms with Gasteiger partial charge in [0, 0.05) is 37.0 Å². The summed E-state index contributed by atoms with van der Waals surface area (Å²) in [6.07, 6.45) is 2.11. The van der Waals surface area contributed by atoms with Crippen molar-refractivity contribution in [2.24, 2.45) is 0 Å². The highest BCUT2D eigenvalue weighted by Gasteiger charge is 2.24. The molecule has 1 atom stereocenters. The quantitative estimate of drug-likeness (QED) is 0.553. The topological polar surface area (TPSA) is 104 Å². The van der Waals surface area contributed by atoms with Gasteiger partial charge in [-0.1, -0.05) is 18.2 Å². The normalized spacial score (nSPS) is 12.0. The first-order valence-electron chi connectivity index (χ1n) is 8.77. The van der Waals surface area contributed by atoms with Crippen LogP contribution in [0, 0.1) is 0 Å². The molecular weight excluding hydrogens is 348 g/mol. The van der Waals surface area contributed by atoms with Gasteiger partial charge >= 0.3 is 5.97 Å². The number of fused-ring (bicyclic) bond motifs is 1. The maximum absolute atomic E-state index is 12.5. The highest BCUT2D eigenvalue weighted by Crippen LogP contribution is 2.19. The van der Waals surface area contributed by atoms with Gasteiger partial charge in [-0.3, -0.25) is 9.59 Å². The smallest absolute Gasteiger partial charge is 0.329 e. The second-order valence-electron chi connectivity index (χ2n) is 6.56. The van der Waals surface area contributed by atoms with Crippen LogP contribution in [-0.4, -0.2) is 67.5 Å². The fourth-order valence-corrected chi connectivity index (χ4v) is 2.59. The fraction of sp³-hybridized carbons (Fsp3) is 0.421. The van der Waals surface area contributed by atoms with Crippen LogP contribution >= 0.6 is 0 Å². The second-order valence-corrected chi connectivity index (χ2v) is 6.56. The Labute approximate surface area is 158 Å². The molecule has 8 heteroatoms. The molecular formula is C19H26N4O4. The van der Waals surface area contributed by atoms with Crippen LogP contribution in [0.3, 0.4) is 0 Å². The molecule has 146 valence electrons. The molecule has 0 aliphatic heterocycles. The van der Waals surface area contributed by atoms with Gasteiger partial charge in [-0.25, -0.2) is 4.79 Å². The summed E-state index contributed by atoms with van der Waals surface area (Å²) in [5.41, 5.74) is 1.86. The lowest BCUT2D eigenvalue weighted by Gasteiger charge is -2.18. The van der Waals surface area contributed by atoms with Gasteiger partial charge in [0.15, 0.2) is 0 Å². The fourth-order valence-electron chi connectivity index (χ4n) is 2.59. The van der Waals surface area contributed by atoms with E-state index in [0.29, 0.717) is 6.54 Å². The molecule has 0 saturated carbocycles. The minimum atomic E-state index is -0.840. The number of aromatic nitrogens is 1. The van der Waals surface area contributed by atoms with Crippen molar-refractivity contribution >= 4 is 28.7 Å². The van der Waals surface area contributed by atoms with E-state index < -0.39 is 17.9 Å². The number of nitrogens with one attached hydrogen (secondary N) is 3. The van der Waals surface area contributed by atoms with Crippen molar-refractivity contribution in [3.8, 4) is 0 Å². The monoisotopic (exact) mass is 374 g/mol. The van der Waals surface area contributed by atoms with Crippen LogP contribution < -0.4 is 10.6 Å². The molecule has 0 unspecified atom stereocenters. The average Bonchev–Trinajstić information content (AvgIpc) is 3.02. The van der Waals surface area contributed by atoms with E-state index in [1.165, 1.54) is 6.92 Å². The van der Waals surface area contributed by atoms with Crippen LogP contribution in [0.5, 0.6) is 0 Å². The third kappa shape index (κ3) is 6.41. The third-order valence-corrected chi connectivity index (χ3v) is 4.00. The zero-order valence-corrected chi connectivity index (χ0v) is 15.9. The minimum Gasteiger partial charge on any atom is -0.463 e. The van der Waals surface area contributed by atoms with Crippen molar-refractivity contribution in [2.75, 3.05) is 33.8 Å². The molecule has 0 spiro atoms. The number of aromatic amines is 1. The number of H-pyrrole nitrogens is 1. The lowest BCUT2D eigenvalue weighted by molar-refractivity contribution is -0.148. The van der Waals surface area contributed by atoms with Gasteiger partial charge in [0.05, 0.1) is 6.54 Å². The predicted molar refractivity (Wildman–Crippen MR) is 102 cm³/mol. The van der Waals surface area contributed by atoms with E-state index in [0.717, 1.165) is 16.5 Å². The number of para-hydroxylation sites is 1. The van der Waals surface area contributed by atoms with Crippen molar-refractivity contribution in [2.45, 2.75) is 19.4 Å². The number of carbonyl (C=O) groups excluding carboxylic acids is 3. The molecule has 2 rings (SSSR count). The second kappa shape index (κ2) is 9.72. The van der Waals surface area contributed by atoms with Crippen molar-refractivity contribution in [1.29, 1.82) is 0 Å². The van der Waals surface area contributed by atoms with Gasteiger partial charge in [-0.05, 0) is 25.7 Å². The summed E-state index contributed by atoms with van der Waals surface area (Å²) in [6, 6.07) is 6.89. The van der Waals surface area contributed by atoms with E-state index >= 15 is 0 Å². The van der Waals surface area contributed by atoms with E-state index in [1.807, 2.05) is 49.5 Å². The zero-order valence-electron chi connectivity index (χ0n) is 15.9. The van der Waals surface area contributed by atoms with Gasteiger partial charge in [0.1, 0.15) is 12.6 Å². The minimum absolute atomic E-state index is 0.190. The highest BCUT2D eigenvalue weighted by molar-refractivity contribution is 5.89. The lowest BCUT2D eigenvalue weighted by atomic mass is 10.0. The SMILES string of the molecule is CC(=O)NCC(=O)N[C@@H](Cc1c[nH]c2ccccc12)C(=O)OCCN(C)C. The molecule has 0 saturated heterocycles. The Kier molecular flexibility index (Phi) is 7.36. The van der Waals surface area contributed by atoms with Crippen LogP contribution in [-0.2, 0) is 25.5 Å². The molecule has 1 aromatic carbocycles. The van der Waals surface area contributed by atoms with Crippen molar-refractivity contribution in [3.63, 3.8) is 0 Å². The van der Waals surface area contributed by atoms with Crippen LogP contribution in [0.1, 0.15) is 12.5 Å². The first-order valence-corrected chi connectivity index (χ1v) is 8.77. The summed E-state index contributed by atoms with van der Waals surface area (Å²) in [6.45, 7) is 1.96. The number of esters is 1. The van der Waals surface area contributed by atoms with Gasteiger partial charge in [-0.15, -0.1) is 0 Å². The van der Waals surface area contributed by atoms with Crippen molar-refractivity contribution in [1.82, 2.24) is 20.5 Å². The highest BCUT2D eigenvalue weighted by atomic mass is 16.5. The maximum Gasteiger partial charge on any atom is 0.329 e. The van der Waals surface area contributed by atoms with Crippen LogP contribution in [0.15, 0.2) is 30.5 Å². The largest absolute Gasteiger partial charge is 0.463 e. The standard InChI is InChI=1S/C19H26N4O4/c1-13(24)20-12-18(25)22-17(19(26)27-9-8-23(2)3)10-14-11-21-16-7-5-4-6-15(14)16/h4-7,11,17,21H,8-10,12H2,1-3H3,(H,20,24)(H,22,25)/t17-/m0/s1. The Bertz CT molecular complexity index is 800. The van der Waals surface area contributed by atoms with Crippen molar-refractivity contribution < 1.29 is 19.1 Å². The van der Waals surface area contributed by atoms with Crippen LogP contribution in [0.25, 0.3) is 10.9 Å². The maximum atomic E-state index is 12.5. The first kappa shape index (κ1) is 20.4. The van der Waals surface area contributed by atoms with E-state index in [1.54, 1.807) is 0 Å². The Balaban J connectivity index is 2.09. The number of benzene rings is 1. The van der Waals surface area contributed by atoms with E-state index in [-0.39, 0.29) is 25.5 Å². The summed E-state index contributed by atoms with van der Waals surface area (Å²) in [4.78, 5) is 40.6. The first-order chi connectivity index (χ1) is 12.9. The summed E-state index contributed by atoms with van der Waals surface area (Å²) >= 11 is 0. The molecule has 2 amide bonds. The molecule has 27 heavy (non-hydrogen) atoms. The number of hydrogen-bond donors (Lipinski definition) is 3. The summed E-state index contributed by atoms with van der Waals surface area (Å²) in [7, 11) is 3.76. The molecule has 2 aromatic rings. The van der Waals surface area contributed by atoms with E-state index in [4.69, 9.17) is 4.74 Å². The number of rotatable bonds is 9. The number of hydrogen-bond acceptors (Lipinski definition) is 5. The lowest BCUT2D eigenvalue weighted by Crippen LogP contribution is -2.47. The molecule has 3 N–H and O–H groups in total. The number of amides is 2. The molecule has 0 aliphatic rings. The summed E-state index contributed by atoms with van der Waals surface area (Å²) < 4.78 is 5.31. The number of likely N-dealkylation sites (N-methyl/N-ethyl adjacent to an activating group) is 1. The zero-order chi connectivity index (χ0) is 19.8. The number of carbonyl (C=O) groups is 3. The number of ether oxygens (including phenoxy) is 1. The molecule has 1 heterocycles. The predicted octanol–water partition coefficient (Wildman–Crippen LogP) is 0.436. The third-order valence-electron chi connectivity index (χ3n) is 4.00. The number of nitrogens with zero attached hydrogens (tertiary/aromatic N) is 1. The Hall–Kier alpha value is -2.87. The van der Waals surface area contributed by atoms with Gasteiger partial charge < -0.3 is 25.3 Å². The Morgan fingerprint density at radius 3 is 2.67 bits per heavy atom. The van der Waals surface area contributed by atoms with Crippen LogP contribution in [0.4, 0.5) is 0 Å². The van der Waals surface area contributed by atoms with Crippen molar-refractivity contribution in [3.05, 3.63) is 36.0 Å². The van der Waals surface area contributed by atoms with E-state index in [2.05, 4.69) is 15.6 Å². The van der Waals surface area contributed by atoms with Gasteiger partial charge in [-0.2, -0.15) is 0 Å². The Morgan fingerprint density at radius 1 is 1.22 bits per heavy atom. The summed E-state index contributed by atoms with van der Waals surface area (Å²) in [5, 5.41) is 6.06. The summed E-state index contributed by atoms with van der Waals surface area (Å²) in [5.74, 6) is -1.26. The molecule has 8 nitrogen and oxygen atoms in total. The molecule has 1 aromatic heterocycles. The molecule has 0 bridgehead atoms. The average molecular weight is 374 g/mol. The molecule has 0 fully saturated rings. The van der Waals surface area contributed by atoms with Gasteiger partial charge in [0.25, 0.3) is 0 Å². The van der Waals surface area contributed by atoms with E-state index in [9.17, 15) is 14.4 Å². The molecule has 0 radical (unpaired) electrons. The Morgan fingerprint density at radius 2 is 1.96 bits per heavy atom. The van der Waals surface area contributed by atoms with Gasteiger partial charge in [0.2, 0.25) is 11.8 Å². The van der Waals surface area contributed by atoms with Crippen LogP contribution in [0.2, 0.25) is 0 Å².